The van der Waals surface area contributed by atoms with Crippen LogP contribution < -0.4 is 14.8 Å². The van der Waals surface area contributed by atoms with Crippen LogP contribution in [0.4, 0.5) is 0 Å². The van der Waals surface area contributed by atoms with Crippen LogP contribution >= 0.6 is 15.9 Å². The van der Waals surface area contributed by atoms with Crippen LogP contribution in [0.1, 0.15) is 5.82 Å². The zero-order chi connectivity index (χ0) is 18.4. The molecule has 2 aromatic carbocycles. The van der Waals surface area contributed by atoms with Gasteiger partial charge in [0.15, 0.2) is 12.4 Å². The summed E-state index contributed by atoms with van der Waals surface area (Å²) in [4.78, 5) is 12.0. The predicted molar refractivity (Wildman–Crippen MR) is 97.2 cm³/mol. The van der Waals surface area contributed by atoms with Crippen molar-refractivity contribution in [2.45, 2.75) is 6.54 Å². The lowest BCUT2D eigenvalue weighted by molar-refractivity contribution is -0.123. The summed E-state index contributed by atoms with van der Waals surface area (Å²) in [5, 5.41) is 14.3. The minimum Gasteiger partial charge on any atom is -0.497 e. The highest BCUT2D eigenvalue weighted by Crippen LogP contribution is 2.18. The van der Waals surface area contributed by atoms with Crippen LogP contribution in [-0.2, 0) is 11.3 Å². The molecule has 3 aromatic rings. The molecule has 0 saturated heterocycles. The molecule has 0 atom stereocenters. The number of tetrazole rings is 1. The maximum atomic E-state index is 12.0. The lowest BCUT2D eigenvalue weighted by Crippen LogP contribution is -2.29. The first kappa shape index (κ1) is 17.9. The second-order valence-corrected chi connectivity index (χ2v) is 6.14. The number of benzene rings is 2. The van der Waals surface area contributed by atoms with Gasteiger partial charge < -0.3 is 14.8 Å². The van der Waals surface area contributed by atoms with Crippen LogP contribution in [0.5, 0.6) is 11.5 Å². The molecule has 3 rings (SSSR count). The second-order valence-electron chi connectivity index (χ2n) is 5.23. The van der Waals surface area contributed by atoms with Gasteiger partial charge in [0.25, 0.3) is 5.91 Å². The summed E-state index contributed by atoms with van der Waals surface area (Å²) in [5.74, 6) is 1.45. The molecule has 0 aliphatic carbocycles. The Bertz CT molecular complexity index is 882. The fourth-order valence-electron chi connectivity index (χ4n) is 2.17. The molecule has 1 N–H and O–H groups in total. The summed E-state index contributed by atoms with van der Waals surface area (Å²) < 4.78 is 13.1. The van der Waals surface area contributed by atoms with Crippen LogP contribution in [0, 0.1) is 0 Å². The third-order valence-electron chi connectivity index (χ3n) is 3.46. The number of hydrogen-bond acceptors (Lipinski definition) is 6. The standard InChI is InChI=1S/C17H16BrN5O3/c1-25-14-3-2-4-15(9-14)26-11-17(24)19-10-16-20-21-22-23(16)13-7-5-12(18)6-8-13/h2-9H,10-11H2,1H3,(H,19,24). The summed E-state index contributed by atoms with van der Waals surface area (Å²) in [5.41, 5.74) is 0.801. The summed E-state index contributed by atoms with van der Waals surface area (Å²) in [6.07, 6.45) is 0. The fraction of sp³-hybridized carbons (Fsp3) is 0.176. The minimum atomic E-state index is -0.279. The monoisotopic (exact) mass is 417 g/mol. The van der Waals surface area contributed by atoms with Gasteiger partial charge in [-0.25, -0.2) is 0 Å². The van der Waals surface area contributed by atoms with E-state index < -0.39 is 0 Å². The largest absolute Gasteiger partial charge is 0.497 e. The highest BCUT2D eigenvalue weighted by Gasteiger charge is 2.10. The Labute approximate surface area is 158 Å². The number of amides is 1. The topological polar surface area (TPSA) is 91.2 Å². The van der Waals surface area contributed by atoms with Crippen molar-refractivity contribution >= 4 is 21.8 Å². The molecule has 8 nitrogen and oxygen atoms in total. The summed E-state index contributed by atoms with van der Waals surface area (Å²) >= 11 is 3.38. The Morgan fingerprint density at radius 3 is 2.73 bits per heavy atom. The van der Waals surface area contributed by atoms with E-state index in [0.717, 1.165) is 10.2 Å². The van der Waals surface area contributed by atoms with Gasteiger partial charge in [-0.15, -0.1) is 5.10 Å². The van der Waals surface area contributed by atoms with E-state index in [1.807, 2.05) is 24.3 Å². The second kappa shape index (κ2) is 8.43. The van der Waals surface area contributed by atoms with E-state index in [4.69, 9.17) is 9.47 Å². The third-order valence-corrected chi connectivity index (χ3v) is 3.99. The highest BCUT2D eigenvalue weighted by molar-refractivity contribution is 9.10. The Kier molecular flexibility index (Phi) is 5.80. The van der Waals surface area contributed by atoms with Crippen LogP contribution in [0.2, 0.25) is 0 Å². The first-order valence-electron chi connectivity index (χ1n) is 7.72. The van der Waals surface area contributed by atoms with Crippen molar-refractivity contribution in [3.8, 4) is 17.2 Å². The molecule has 0 fully saturated rings. The summed E-state index contributed by atoms with van der Waals surface area (Å²) in [6, 6.07) is 14.6. The first-order chi connectivity index (χ1) is 12.7. The number of carbonyl (C=O) groups is 1. The van der Waals surface area contributed by atoms with E-state index in [0.29, 0.717) is 17.3 Å². The zero-order valence-electron chi connectivity index (χ0n) is 13.9. The average molecular weight is 418 g/mol. The number of halogens is 1. The van der Waals surface area contributed by atoms with Gasteiger partial charge >= 0.3 is 0 Å². The third kappa shape index (κ3) is 4.57. The average Bonchev–Trinajstić information content (AvgIpc) is 3.14. The molecule has 1 amide bonds. The number of hydrogen-bond donors (Lipinski definition) is 1. The molecule has 26 heavy (non-hydrogen) atoms. The van der Waals surface area contributed by atoms with Crippen LogP contribution in [-0.4, -0.2) is 39.8 Å². The van der Waals surface area contributed by atoms with Gasteiger partial charge in [-0.3, -0.25) is 4.79 Å². The SMILES string of the molecule is COc1cccc(OCC(=O)NCc2nnnn2-c2ccc(Br)cc2)c1. The Balaban J connectivity index is 1.55. The van der Waals surface area contributed by atoms with Crippen molar-refractivity contribution < 1.29 is 14.3 Å². The molecule has 0 unspecified atom stereocenters. The van der Waals surface area contributed by atoms with Crippen LogP contribution in [0.25, 0.3) is 5.69 Å². The van der Waals surface area contributed by atoms with Crippen LogP contribution in [0.3, 0.4) is 0 Å². The smallest absolute Gasteiger partial charge is 0.258 e. The molecule has 0 bridgehead atoms. The molecule has 0 aliphatic rings. The first-order valence-corrected chi connectivity index (χ1v) is 8.52. The minimum absolute atomic E-state index is 0.118. The number of methoxy groups -OCH3 is 1. The van der Waals surface area contributed by atoms with Crippen LogP contribution in [0.15, 0.2) is 53.0 Å². The number of carbonyl (C=O) groups excluding carboxylic acids is 1. The number of ether oxygens (including phenoxy) is 2. The van der Waals surface area contributed by atoms with Gasteiger partial charge in [0, 0.05) is 10.5 Å². The molecule has 0 spiro atoms. The zero-order valence-corrected chi connectivity index (χ0v) is 15.5. The van der Waals surface area contributed by atoms with E-state index >= 15 is 0 Å². The van der Waals surface area contributed by atoms with E-state index in [1.54, 1.807) is 36.1 Å². The van der Waals surface area contributed by atoms with Gasteiger partial charge in [0.05, 0.1) is 19.3 Å². The number of nitrogens with zero attached hydrogens (tertiary/aromatic N) is 4. The molecule has 1 aromatic heterocycles. The maximum absolute atomic E-state index is 12.0. The Morgan fingerprint density at radius 1 is 1.19 bits per heavy atom. The number of nitrogens with one attached hydrogen (secondary N) is 1. The van der Waals surface area contributed by atoms with E-state index in [1.165, 1.54) is 0 Å². The number of aromatic nitrogens is 4. The molecule has 1 heterocycles. The van der Waals surface area contributed by atoms with E-state index in [2.05, 4.69) is 36.8 Å². The molecule has 134 valence electrons. The van der Waals surface area contributed by atoms with Gasteiger partial charge in [-0.05, 0) is 46.8 Å². The highest BCUT2D eigenvalue weighted by atomic mass is 79.9. The maximum Gasteiger partial charge on any atom is 0.258 e. The Morgan fingerprint density at radius 2 is 1.96 bits per heavy atom. The van der Waals surface area contributed by atoms with E-state index in [9.17, 15) is 4.79 Å². The quantitative estimate of drug-likeness (QED) is 0.632. The molecule has 0 aliphatic heterocycles. The fourth-order valence-corrected chi connectivity index (χ4v) is 2.43. The molecular formula is C17H16BrN5O3. The number of rotatable bonds is 7. The van der Waals surface area contributed by atoms with Gasteiger partial charge in [-0.2, -0.15) is 4.68 Å². The molecule has 0 radical (unpaired) electrons. The summed E-state index contributed by atoms with van der Waals surface area (Å²) in [7, 11) is 1.57. The van der Waals surface area contributed by atoms with Crippen molar-refractivity contribution in [3.05, 3.63) is 58.8 Å². The molecular weight excluding hydrogens is 402 g/mol. The van der Waals surface area contributed by atoms with E-state index in [-0.39, 0.29) is 19.1 Å². The van der Waals surface area contributed by atoms with Crippen molar-refractivity contribution in [1.29, 1.82) is 0 Å². The Hall–Kier alpha value is -2.94. The van der Waals surface area contributed by atoms with Gasteiger partial charge in [0.1, 0.15) is 11.5 Å². The predicted octanol–water partition coefficient (Wildman–Crippen LogP) is 2.13. The van der Waals surface area contributed by atoms with Crippen molar-refractivity contribution in [2.24, 2.45) is 0 Å². The summed E-state index contributed by atoms with van der Waals surface area (Å²) in [6.45, 7) is 0.0659. The van der Waals surface area contributed by atoms with Crippen molar-refractivity contribution in [2.75, 3.05) is 13.7 Å². The van der Waals surface area contributed by atoms with Gasteiger partial charge in [0.2, 0.25) is 0 Å². The normalized spacial score (nSPS) is 10.4. The molecule has 0 saturated carbocycles. The van der Waals surface area contributed by atoms with Crippen molar-refractivity contribution in [1.82, 2.24) is 25.5 Å². The van der Waals surface area contributed by atoms with Crippen molar-refractivity contribution in [3.63, 3.8) is 0 Å². The van der Waals surface area contributed by atoms with Gasteiger partial charge in [-0.1, -0.05) is 22.0 Å². The molecule has 9 heteroatoms. The lowest BCUT2D eigenvalue weighted by Gasteiger charge is -2.09. The lowest BCUT2D eigenvalue weighted by atomic mass is 10.3.